The first-order valence-corrected chi connectivity index (χ1v) is 2.96. The second-order valence-electron chi connectivity index (χ2n) is 2.03. The van der Waals surface area contributed by atoms with Crippen molar-refractivity contribution in [2.24, 2.45) is 5.16 Å². The zero-order valence-corrected chi connectivity index (χ0v) is 5.66. The number of oxime groups is 1. The number of nitrogens with zero attached hydrogens (tertiary/aromatic N) is 1. The monoisotopic (exact) mass is 149 g/mol. The summed E-state index contributed by atoms with van der Waals surface area (Å²) in [5.74, 6) is -0.497. The topological polar surface area (TPSA) is 32.6 Å². The number of hydrogen-bond acceptors (Lipinski definition) is 2. The number of halogens is 1. The fourth-order valence-electron chi connectivity index (χ4n) is 0.710. The molecule has 1 rings (SSSR count). The fourth-order valence-corrected chi connectivity index (χ4v) is 0.710. The molecule has 0 heterocycles. The normalized spacial score (nSPS) is 10.6. The van der Waals surface area contributed by atoms with Crippen LogP contribution in [0.1, 0.15) is 5.56 Å². The summed E-state index contributed by atoms with van der Waals surface area (Å²) in [5, 5.41) is 10.8. The molecule has 0 aliphatic rings. The van der Waals surface area contributed by atoms with Crippen LogP contribution in [0.5, 0.6) is 0 Å². The highest BCUT2D eigenvalue weighted by atomic mass is 19.1. The van der Waals surface area contributed by atoms with Gasteiger partial charge >= 0.3 is 0 Å². The van der Waals surface area contributed by atoms with Crippen LogP contribution in [0.15, 0.2) is 23.4 Å². The second-order valence-corrected chi connectivity index (χ2v) is 2.03. The molecule has 0 saturated carbocycles. The smallest absolute Gasteiger partial charge is 0.131 e. The molecule has 0 atom stereocenters. The molecule has 11 heavy (non-hydrogen) atoms. The summed E-state index contributed by atoms with van der Waals surface area (Å²) in [7, 11) is 5.28. The van der Waals surface area contributed by atoms with Crippen LogP contribution in [0.4, 0.5) is 4.39 Å². The third-order valence-electron chi connectivity index (χ3n) is 1.22. The molecule has 54 valence electrons. The molecule has 0 aliphatic heterocycles. The van der Waals surface area contributed by atoms with Gasteiger partial charge in [0.1, 0.15) is 13.7 Å². The zero-order chi connectivity index (χ0) is 8.27. The predicted molar refractivity (Wildman–Crippen MR) is 41.2 cm³/mol. The SMILES string of the molecule is [B]c1ccc(/C=N/O)c(F)c1. The Morgan fingerprint density at radius 1 is 1.55 bits per heavy atom. The van der Waals surface area contributed by atoms with Crippen molar-refractivity contribution in [3.05, 3.63) is 29.6 Å². The lowest BCUT2D eigenvalue weighted by Crippen LogP contribution is -2.03. The van der Waals surface area contributed by atoms with E-state index in [4.69, 9.17) is 13.1 Å². The van der Waals surface area contributed by atoms with E-state index in [2.05, 4.69) is 5.16 Å². The van der Waals surface area contributed by atoms with Gasteiger partial charge in [0.2, 0.25) is 0 Å². The lowest BCUT2D eigenvalue weighted by molar-refractivity contribution is 0.321. The summed E-state index contributed by atoms with van der Waals surface area (Å²) in [5.41, 5.74) is 0.555. The number of rotatable bonds is 1. The van der Waals surface area contributed by atoms with Gasteiger partial charge in [0.05, 0.1) is 6.21 Å². The van der Waals surface area contributed by atoms with E-state index in [1.54, 1.807) is 0 Å². The van der Waals surface area contributed by atoms with Gasteiger partial charge in [-0.25, -0.2) is 4.39 Å². The van der Waals surface area contributed by atoms with E-state index in [0.717, 1.165) is 12.3 Å². The highest BCUT2D eigenvalue weighted by molar-refractivity contribution is 6.32. The van der Waals surface area contributed by atoms with Gasteiger partial charge in [-0.3, -0.25) is 0 Å². The number of benzene rings is 1. The predicted octanol–water partition coefficient (Wildman–Crippen LogP) is 0.428. The molecule has 0 fully saturated rings. The van der Waals surface area contributed by atoms with Crippen molar-refractivity contribution in [1.29, 1.82) is 0 Å². The van der Waals surface area contributed by atoms with E-state index < -0.39 is 5.82 Å². The van der Waals surface area contributed by atoms with E-state index in [-0.39, 0.29) is 5.56 Å². The zero-order valence-electron chi connectivity index (χ0n) is 5.66. The van der Waals surface area contributed by atoms with Crippen molar-refractivity contribution >= 4 is 19.5 Å². The Bertz CT molecular complexity index is 288. The standard InChI is InChI=1S/C7H5BFNO/c8-6-2-1-5(4-10-11)7(9)3-6/h1-4,11H/b10-4+. The summed E-state index contributed by atoms with van der Waals surface area (Å²) in [6, 6.07) is 4.13. The molecule has 2 nitrogen and oxygen atoms in total. The Hall–Kier alpha value is -1.32. The van der Waals surface area contributed by atoms with Crippen molar-refractivity contribution in [3.63, 3.8) is 0 Å². The van der Waals surface area contributed by atoms with Crippen LogP contribution in [0.3, 0.4) is 0 Å². The molecular weight excluding hydrogens is 144 g/mol. The molecule has 0 saturated heterocycles. The van der Waals surface area contributed by atoms with Crippen LogP contribution in [-0.2, 0) is 0 Å². The maximum Gasteiger partial charge on any atom is 0.131 e. The van der Waals surface area contributed by atoms with Gasteiger partial charge < -0.3 is 5.21 Å². The van der Waals surface area contributed by atoms with Crippen LogP contribution in [0.2, 0.25) is 0 Å². The second kappa shape index (κ2) is 3.19. The van der Waals surface area contributed by atoms with Crippen molar-refractivity contribution in [2.45, 2.75) is 0 Å². The summed E-state index contributed by atoms with van der Waals surface area (Å²) in [4.78, 5) is 0. The Balaban J connectivity index is 3.09. The molecule has 0 bridgehead atoms. The first kappa shape index (κ1) is 7.79. The average Bonchev–Trinajstić information content (AvgIpc) is 1.95. The van der Waals surface area contributed by atoms with Gasteiger partial charge in [-0.15, -0.1) is 0 Å². The Kier molecular flexibility index (Phi) is 2.26. The van der Waals surface area contributed by atoms with E-state index in [0.29, 0.717) is 5.46 Å². The minimum Gasteiger partial charge on any atom is -0.411 e. The Morgan fingerprint density at radius 3 is 2.82 bits per heavy atom. The average molecular weight is 149 g/mol. The fraction of sp³-hybridized carbons (Fsp3) is 0. The van der Waals surface area contributed by atoms with Gasteiger partial charge in [-0.05, 0) is 6.07 Å². The molecule has 1 aromatic carbocycles. The van der Waals surface area contributed by atoms with E-state index in [1.165, 1.54) is 12.1 Å². The van der Waals surface area contributed by atoms with Crippen LogP contribution in [0.25, 0.3) is 0 Å². The summed E-state index contributed by atoms with van der Waals surface area (Å²) in [6.45, 7) is 0. The molecule has 1 N–H and O–H groups in total. The maximum atomic E-state index is 12.8. The maximum absolute atomic E-state index is 12.8. The van der Waals surface area contributed by atoms with Gasteiger partial charge in [0, 0.05) is 5.56 Å². The highest BCUT2D eigenvalue weighted by Crippen LogP contribution is 2.00. The largest absolute Gasteiger partial charge is 0.411 e. The summed E-state index contributed by atoms with van der Waals surface area (Å²) < 4.78 is 12.8. The van der Waals surface area contributed by atoms with Crippen molar-refractivity contribution in [3.8, 4) is 0 Å². The highest BCUT2D eigenvalue weighted by Gasteiger charge is 1.97. The van der Waals surface area contributed by atoms with Gasteiger partial charge in [0.15, 0.2) is 0 Å². The molecule has 0 amide bonds. The lowest BCUT2D eigenvalue weighted by atomic mass is 9.95. The quantitative estimate of drug-likeness (QED) is 0.267. The molecule has 2 radical (unpaired) electrons. The van der Waals surface area contributed by atoms with Gasteiger partial charge in [0.25, 0.3) is 0 Å². The third-order valence-corrected chi connectivity index (χ3v) is 1.22. The number of hydrogen-bond donors (Lipinski definition) is 1. The van der Waals surface area contributed by atoms with Gasteiger partial charge in [-0.1, -0.05) is 22.8 Å². The van der Waals surface area contributed by atoms with Crippen LogP contribution < -0.4 is 5.46 Å². The van der Waals surface area contributed by atoms with Crippen molar-refractivity contribution < 1.29 is 9.60 Å². The van der Waals surface area contributed by atoms with Crippen LogP contribution in [0, 0.1) is 5.82 Å². The molecule has 0 unspecified atom stereocenters. The summed E-state index contributed by atoms with van der Waals surface area (Å²) >= 11 is 0. The van der Waals surface area contributed by atoms with Gasteiger partial charge in [-0.2, -0.15) is 0 Å². The first-order chi connectivity index (χ1) is 5.24. The first-order valence-electron chi connectivity index (χ1n) is 2.96. The minimum absolute atomic E-state index is 0.210. The van der Waals surface area contributed by atoms with E-state index >= 15 is 0 Å². The summed E-state index contributed by atoms with van der Waals surface area (Å²) in [6.07, 6.45) is 1.01. The molecule has 0 aliphatic carbocycles. The molecule has 1 aromatic rings. The third kappa shape index (κ3) is 1.80. The lowest BCUT2D eigenvalue weighted by Gasteiger charge is -1.95. The molecule has 4 heteroatoms. The van der Waals surface area contributed by atoms with E-state index in [9.17, 15) is 4.39 Å². The van der Waals surface area contributed by atoms with Crippen molar-refractivity contribution in [1.82, 2.24) is 0 Å². The van der Waals surface area contributed by atoms with E-state index in [1.807, 2.05) is 0 Å². The van der Waals surface area contributed by atoms with Crippen molar-refractivity contribution in [2.75, 3.05) is 0 Å². The van der Waals surface area contributed by atoms with Crippen LogP contribution in [-0.4, -0.2) is 19.3 Å². The minimum atomic E-state index is -0.497. The Labute approximate surface area is 64.8 Å². The molecule has 0 spiro atoms. The molecule has 0 aromatic heterocycles. The Morgan fingerprint density at radius 2 is 2.27 bits per heavy atom. The van der Waals surface area contributed by atoms with Crippen LogP contribution >= 0.6 is 0 Å². The molecular formula is C7H5BFNO.